The van der Waals surface area contributed by atoms with Crippen molar-refractivity contribution in [3.8, 4) is 5.75 Å². The summed E-state index contributed by atoms with van der Waals surface area (Å²) in [4.78, 5) is 0. The Morgan fingerprint density at radius 2 is 2.19 bits per heavy atom. The van der Waals surface area contributed by atoms with Crippen molar-refractivity contribution in [3.63, 3.8) is 0 Å². The Bertz CT molecular complexity index is 643. The topological polar surface area (TPSA) is 47.3 Å². The molecule has 114 valence electrons. The van der Waals surface area contributed by atoms with E-state index in [-0.39, 0.29) is 0 Å². The number of nitrogens with zero attached hydrogens (tertiary/aromatic N) is 2. The molecule has 0 saturated carbocycles. The maximum atomic E-state index is 10.5. The molecule has 0 fully saturated rings. The smallest absolute Gasteiger partial charge is 0.125 e. The minimum absolute atomic E-state index is 0.389. The monoisotopic (exact) mass is 372 g/mol. The molecule has 1 aromatic carbocycles. The molecule has 0 bridgehead atoms. The fraction of sp³-hybridized carbons (Fsp3) is 0.400. The molecule has 1 atom stereocenters. The summed E-state index contributed by atoms with van der Waals surface area (Å²) in [6.45, 7) is 2.01. The molecule has 2 aromatic rings. The van der Waals surface area contributed by atoms with Crippen LogP contribution in [0.25, 0.3) is 0 Å². The van der Waals surface area contributed by atoms with Crippen molar-refractivity contribution in [1.29, 1.82) is 0 Å². The quantitative estimate of drug-likeness (QED) is 0.869. The van der Waals surface area contributed by atoms with Crippen LogP contribution < -0.4 is 4.74 Å². The lowest BCUT2D eigenvalue weighted by Gasteiger charge is -2.15. The number of halogens is 2. The third-order valence-corrected chi connectivity index (χ3v) is 4.37. The van der Waals surface area contributed by atoms with Gasteiger partial charge in [-0.1, -0.05) is 40.5 Å². The third-order valence-electron chi connectivity index (χ3n) is 3.44. The van der Waals surface area contributed by atoms with Gasteiger partial charge in [-0.25, -0.2) is 0 Å². The van der Waals surface area contributed by atoms with E-state index in [0.717, 1.165) is 27.8 Å². The van der Waals surface area contributed by atoms with E-state index in [4.69, 9.17) is 16.3 Å². The molecule has 0 amide bonds. The Balaban J connectivity index is 2.30. The fourth-order valence-corrected chi connectivity index (χ4v) is 3.01. The number of aromatic nitrogens is 2. The van der Waals surface area contributed by atoms with Gasteiger partial charge in [0.2, 0.25) is 0 Å². The number of aliphatic hydroxyl groups is 1. The highest BCUT2D eigenvalue weighted by molar-refractivity contribution is 9.10. The van der Waals surface area contributed by atoms with Crippen LogP contribution in [0.1, 0.15) is 30.0 Å². The van der Waals surface area contributed by atoms with Crippen molar-refractivity contribution in [3.05, 3.63) is 44.6 Å². The molecule has 1 aromatic heterocycles. The minimum atomic E-state index is -0.703. The summed E-state index contributed by atoms with van der Waals surface area (Å²) in [5.41, 5.74) is 2.41. The van der Waals surface area contributed by atoms with E-state index < -0.39 is 6.10 Å². The number of aryl methyl sites for hydroxylation is 2. The zero-order chi connectivity index (χ0) is 15.6. The second kappa shape index (κ2) is 6.81. The van der Waals surface area contributed by atoms with E-state index in [1.165, 1.54) is 0 Å². The van der Waals surface area contributed by atoms with Gasteiger partial charge in [0.25, 0.3) is 0 Å². The van der Waals surface area contributed by atoms with E-state index in [9.17, 15) is 5.11 Å². The molecule has 1 unspecified atom stereocenters. The lowest BCUT2D eigenvalue weighted by molar-refractivity contribution is 0.171. The summed E-state index contributed by atoms with van der Waals surface area (Å²) in [5, 5.41) is 15.5. The molecule has 1 heterocycles. The van der Waals surface area contributed by atoms with Gasteiger partial charge in [0, 0.05) is 23.5 Å². The van der Waals surface area contributed by atoms with Gasteiger partial charge < -0.3 is 9.84 Å². The number of ether oxygens (including phenoxy) is 1. The molecule has 4 nitrogen and oxygen atoms in total. The average molecular weight is 374 g/mol. The van der Waals surface area contributed by atoms with Crippen LogP contribution >= 0.6 is 27.5 Å². The standard InChI is InChI=1S/C15H18BrClN2O2/c1-4-11-15(17)12(19(2)18-11)8-13(20)10-6-5-9(16)7-14(10)21-3/h5-7,13,20H,4,8H2,1-3H3. The zero-order valence-corrected chi connectivity index (χ0v) is 14.6. The summed E-state index contributed by atoms with van der Waals surface area (Å²) in [6, 6.07) is 5.56. The van der Waals surface area contributed by atoms with Crippen molar-refractivity contribution in [2.24, 2.45) is 7.05 Å². The number of hydrogen-bond donors (Lipinski definition) is 1. The predicted molar refractivity (Wildman–Crippen MR) is 87.0 cm³/mol. The highest BCUT2D eigenvalue weighted by Crippen LogP contribution is 2.32. The first kappa shape index (κ1) is 16.3. The Labute approximate surface area is 137 Å². The summed E-state index contributed by atoms with van der Waals surface area (Å²) in [7, 11) is 3.43. The summed E-state index contributed by atoms with van der Waals surface area (Å²) < 4.78 is 7.96. The Hall–Kier alpha value is -1.04. The average Bonchev–Trinajstić information content (AvgIpc) is 2.74. The first-order valence-electron chi connectivity index (χ1n) is 6.69. The molecule has 0 aliphatic heterocycles. The molecule has 1 N–H and O–H groups in total. The molecule has 0 radical (unpaired) electrons. The molecule has 0 aliphatic carbocycles. The predicted octanol–water partition coefficient (Wildman–Crippen LogP) is 3.68. The molecular formula is C15H18BrClN2O2. The fourth-order valence-electron chi connectivity index (χ4n) is 2.29. The maximum absolute atomic E-state index is 10.5. The van der Waals surface area contributed by atoms with Crippen LogP contribution in [0, 0.1) is 0 Å². The van der Waals surface area contributed by atoms with Crippen LogP contribution in [0.15, 0.2) is 22.7 Å². The maximum Gasteiger partial charge on any atom is 0.125 e. The largest absolute Gasteiger partial charge is 0.496 e. The normalized spacial score (nSPS) is 12.5. The van der Waals surface area contributed by atoms with Gasteiger partial charge in [0.05, 0.1) is 29.6 Å². The first-order valence-corrected chi connectivity index (χ1v) is 7.86. The van der Waals surface area contributed by atoms with Gasteiger partial charge in [-0.3, -0.25) is 4.68 Å². The van der Waals surface area contributed by atoms with Crippen LogP contribution in [0.5, 0.6) is 5.75 Å². The molecule has 6 heteroatoms. The molecule has 0 saturated heterocycles. The second-order valence-electron chi connectivity index (χ2n) is 4.79. The Kier molecular flexibility index (Phi) is 5.30. The number of methoxy groups -OCH3 is 1. The van der Waals surface area contributed by atoms with Gasteiger partial charge in [-0.05, 0) is 18.6 Å². The number of rotatable bonds is 5. The van der Waals surface area contributed by atoms with Crippen molar-refractivity contribution in [2.75, 3.05) is 7.11 Å². The minimum Gasteiger partial charge on any atom is -0.496 e. The molecule has 0 aliphatic rings. The Morgan fingerprint density at radius 3 is 2.76 bits per heavy atom. The number of hydrogen-bond acceptors (Lipinski definition) is 3. The SMILES string of the molecule is CCc1nn(C)c(CC(O)c2ccc(Br)cc2OC)c1Cl. The van der Waals surface area contributed by atoms with Crippen molar-refractivity contribution >= 4 is 27.5 Å². The van der Waals surface area contributed by atoms with Crippen LogP contribution in [0.4, 0.5) is 0 Å². The van der Waals surface area contributed by atoms with Crippen molar-refractivity contribution in [1.82, 2.24) is 9.78 Å². The second-order valence-corrected chi connectivity index (χ2v) is 6.08. The third kappa shape index (κ3) is 3.42. The van der Waals surface area contributed by atoms with Crippen LogP contribution in [0.3, 0.4) is 0 Å². The lowest BCUT2D eigenvalue weighted by Crippen LogP contribution is -2.08. The van der Waals surface area contributed by atoms with Gasteiger partial charge >= 0.3 is 0 Å². The summed E-state index contributed by atoms with van der Waals surface area (Å²) >= 11 is 9.72. The van der Waals surface area contributed by atoms with Gasteiger partial charge in [0.15, 0.2) is 0 Å². The summed E-state index contributed by atoms with van der Waals surface area (Å²) in [5.74, 6) is 0.644. The van der Waals surface area contributed by atoms with Crippen LogP contribution in [-0.4, -0.2) is 22.0 Å². The molecule has 21 heavy (non-hydrogen) atoms. The van der Waals surface area contributed by atoms with Crippen molar-refractivity contribution in [2.45, 2.75) is 25.9 Å². The first-order chi connectivity index (χ1) is 9.97. The van der Waals surface area contributed by atoms with E-state index in [0.29, 0.717) is 17.2 Å². The van der Waals surface area contributed by atoms with E-state index in [1.807, 2.05) is 32.2 Å². The van der Waals surface area contributed by atoms with Crippen LogP contribution in [0.2, 0.25) is 5.02 Å². The highest BCUT2D eigenvalue weighted by Gasteiger charge is 2.20. The van der Waals surface area contributed by atoms with E-state index >= 15 is 0 Å². The van der Waals surface area contributed by atoms with Gasteiger partial charge in [0.1, 0.15) is 5.75 Å². The summed E-state index contributed by atoms with van der Waals surface area (Å²) in [6.07, 6.45) is 0.454. The van der Waals surface area contributed by atoms with Gasteiger partial charge in [-0.2, -0.15) is 5.10 Å². The van der Waals surface area contributed by atoms with Crippen LogP contribution in [-0.2, 0) is 19.9 Å². The number of benzene rings is 1. The Morgan fingerprint density at radius 1 is 1.48 bits per heavy atom. The molecule has 2 rings (SSSR count). The lowest BCUT2D eigenvalue weighted by atomic mass is 10.0. The van der Waals surface area contributed by atoms with Gasteiger partial charge in [-0.15, -0.1) is 0 Å². The van der Waals surface area contributed by atoms with E-state index in [2.05, 4.69) is 21.0 Å². The van der Waals surface area contributed by atoms with Crippen molar-refractivity contribution < 1.29 is 9.84 Å². The highest BCUT2D eigenvalue weighted by atomic mass is 79.9. The van der Waals surface area contributed by atoms with E-state index in [1.54, 1.807) is 11.8 Å². The number of aliphatic hydroxyl groups excluding tert-OH is 1. The molecular weight excluding hydrogens is 356 g/mol. The zero-order valence-electron chi connectivity index (χ0n) is 12.2. The molecule has 0 spiro atoms.